The first kappa shape index (κ1) is 16.5. The van der Waals surface area contributed by atoms with Crippen LogP contribution in [0, 0.1) is 5.41 Å². The van der Waals surface area contributed by atoms with Crippen molar-refractivity contribution >= 4 is 28.8 Å². The normalized spacial score (nSPS) is 13.4. The smallest absolute Gasteiger partial charge is 0.224 e. The van der Waals surface area contributed by atoms with E-state index in [-0.39, 0.29) is 17.4 Å². The minimum Gasteiger partial charge on any atom is -0.338 e. The third-order valence-corrected chi connectivity index (χ3v) is 4.43. The second-order valence-corrected chi connectivity index (χ2v) is 7.59. The van der Waals surface area contributed by atoms with Crippen LogP contribution in [0.2, 0.25) is 4.34 Å². The van der Waals surface area contributed by atoms with Gasteiger partial charge in [0.05, 0.1) is 10.9 Å². The maximum absolute atomic E-state index is 12.3. The van der Waals surface area contributed by atoms with E-state index in [1.165, 1.54) is 11.3 Å². The highest BCUT2D eigenvalue weighted by atomic mass is 35.5. The molecule has 2 N–H and O–H groups in total. The number of thiophene rings is 1. The van der Waals surface area contributed by atoms with Crippen LogP contribution in [0.3, 0.4) is 0 Å². The molecule has 0 aliphatic heterocycles. The summed E-state index contributed by atoms with van der Waals surface area (Å²) in [6, 6.07) is 3.70. The van der Waals surface area contributed by atoms with E-state index in [4.69, 9.17) is 17.3 Å². The van der Waals surface area contributed by atoms with Crippen molar-refractivity contribution in [3.05, 3.63) is 21.3 Å². The van der Waals surface area contributed by atoms with Crippen LogP contribution in [-0.4, -0.2) is 23.4 Å². The molecule has 1 aromatic heterocycles. The molecule has 19 heavy (non-hydrogen) atoms. The second kappa shape index (κ2) is 6.73. The summed E-state index contributed by atoms with van der Waals surface area (Å²) in [6.45, 7) is 9.45. The summed E-state index contributed by atoms with van der Waals surface area (Å²) in [4.78, 5) is 15.2. The van der Waals surface area contributed by atoms with Gasteiger partial charge in [-0.15, -0.1) is 11.3 Å². The zero-order chi connectivity index (χ0) is 14.6. The molecule has 0 aliphatic rings. The molecular formula is C14H23ClN2OS. The zero-order valence-electron chi connectivity index (χ0n) is 12.1. The van der Waals surface area contributed by atoms with E-state index < -0.39 is 0 Å². The highest BCUT2D eigenvalue weighted by molar-refractivity contribution is 7.16. The van der Waals surface area contributed by atoms with Gasteiger partial charge in [0.25, 0.3) is 0 Å². The number of nitrogens with two attached hydrogens (primary N) is 1. The summed E-state index contributed by atoms with van der Waals surface area (Å²) >= 11 is 7.42. The Morgan fingerprint density at radius 3 is 2.53 bits per heavy atom. The van der Waals surface area contributed by atoms with Crippen molar-refractivity contribution < 1.29 is 4.79 Å². The van der Waals surface area contributed by atoms with Gasteiger partial charge in [-0.25, -0.2) is 0 Å². The number of amides is 1. The molecule has 0 fully saturated rings. The van der Waals surface area contributed by atoms with E-state index in [0.29, 0.717) is 19.5 Å². The average molecular weight is 303 g/mol. The fourth-order valence-electron chi connectivity index (χ4n) is 1.62. The van der Waals surface area contributed by atoms with Crippen LogP contribution in [-0.2, 0) is 11.3 Å². The molecule has 0 spiro atoms. The quantitative estimate of drug-likeness (QED) is 0.904. The molecule has 1 atom stereocenters. The molecule has 0 saturated carbocycles. The van der Waals surface area contributed by atoms with Crippen LogP contribution in [0.15, 0.2) is 12.1 Å². The van der Waals surface area contributed by atoms with Gasteiger partial charge in [0.2, 0.25) is 5.91 Å². The zero-order valence-corrected chi connectivity index (χ0v) is 13.6. The van der Waals surface area contributed by atoms with Gasteiger partial charge in [-0.1, -0.05) is 32.4 Å². The molecule has 1 amide bonds. The Morgan fingerprint density at radius 1 is 1.47 bits per heavy atom. The lowest BCUT2D eigenvalue weighted by atomic mass is 9.85. The molecule has 0 saturated heterocycles. The number of nitrogens with zero attached hydrogens (tertiary/aromatic N) is 1. The van der Waals surface area contributed by atoms with Gasteiger partial charge in [-0.3, -0.25) is 4.79 Å². The van der Waals surface area contributed by atoms with E-state index in [9.17, 15) is 4.79 Å². The van der Waals surface area contributed by atoms with Crippen LogP contribution in [0.25, 0.3) is 0 Å². The Bertz CT molecular complexity index is 425. The summed E-state index contributed by atoms with van der Waals surface area (Å²) < 4.78 is 0.755. The summed E-state index contributed by atoms with van der Waals surface area (Å²) in [7, 11) is 0. The van der Waals surface area contributed by atoms with Crippen molar-refractivity contribution in [3.63, 3.8) is 0 Å². The standard InChI is InChI=1S/C14H23ClN2OS/c1-5-17(9-10-6-7-12(15)19-10)13(18)8-11(16)14(2,3)4/h6-7,11H,5,8-9,16H2,1-4H3. The topological polar surface area (TPSA) is 46.3 Å². The number of halogens is 1. The highest BCUT2D eigenvalue weighted by Gasteiger charge is 2.25. The Morgan fingerprint density at radius 2 is 2.11 bits per heavy atom. The fraction of sp³-hybridized carbons (Fsp3) is 0.643. The van der Waals surface area contributed by atoms with Crippen molar-refractivity contribution in [1.82, 2.24) is 4.90 Å². The van der Waals surface area contributed by atoms with Crippen LogP contribution in [0.1, 0.15) is 39.0 Å². The Hall–Kier alpha value is -0.580. The van der Waals surface area contributed by atoms with Crippen molar-refractivity contribution in [3.8, 4) is 0 Å². The minimum atomic E-state index is -0.124. The van der Waals surface area contributed by atoms with E-state index >= 15 is 0 Å². The third kappa shape index (κ3) is 5.13. The fourth-order valence-corrected chi connectivity index (χ4v) is 2.73. The lowest BCUT2D eigenvalue weighted by molar-refractivity contribution is -0.132. The van der Waals surface area contributed by atoms with Crippen molar-refractivity contribution in [1.29, 1.82) is 0 Å². The number of carbonyl (C=O) groups excluding carboxylic acids is 1. The van der Waals surface area contributed by atoms with Crippen LogP contribution >= 0.6 is 22.9 Å². The second-order valence-electron chi connectivity index (χ2n) is 5.79. The largest absolute Gasteiger partial charge is 0.338 e. The van der Waals surface area contributed by atoms with Crippen LogP contribution in [0.4, 0.5) is 0 Å². The Kier molecular flexibility index (Phi) is 5.83. The first-order valence-corrected chi connectivity index (χ1v) is 7.71. The molecule has 1 rings (SSSR count). The SMILES string of the molecule is CCN(Cc1ccc(Cl)s1)C(=O)CC(N)C(C)(C)C. The average Bonchev–Trinajstić information content (AvgIpc) is 2.70. The lowest BCUT2D eigenvalue weighted by Crippen LogP contribution is -2.41. The molecule has 3 nitrogen and oxygen atoms in total. The highest BCUT2D eigenvalue weighted by Crippen LogP contribution is 2.24. The molecule has 0 aromatic carbocycles. The summed E-state index contributed by atoms with van der Waals surface area (Å²) in [5.41, 5.74) is 6.02. The van der Waals surface area contributed by atoms with Gasteiger partial charge in [-0.05, 0) is 24.5 Å². The molecule has 108 valence electrons. The van der Waals surface area contributed by atoms with E-state index in [0.717, 1.165) is 9.21 Å². The summed E-state index contributed by atoms with van der Waals surface area (Å²) in [5.74, 6) is 0.106. The van der Waals surface area contributed by atoms with Crippen LogP contribution in [0.5, 0.6) is 0 Å². The Balaban J connectivity index is 2.62. The van der Waals surface area contributed by atoms with Gasteiger partial charge >= 0.3 is 0 Å². The van der Waals surface area contributed by atoms with Gasteiger partial charge < -0.3 is 10.6 Å². The molecule has 1 heterocycles. The van der Waals surface area contributed by atoms with Gasteiger partial charge in [-0.2, -0.15) is 0 Å². The number of hydrogen-bond acceptors (Lipinski definition) is 3. The number of carbonyl (C=O) groups is 1. The van der Waals surface area contributed by atoms with Crippen molar-refractivity contribution in [2.75, 3.05) is 6.54 Å². The molecular weight excluding hydrogens is 280 g/mol. The van der Waals surface area contributed by atoms with E-state index in [1.54, 1.807) is 0 Å². The van der Waals surface area contributed by atoms with E-state index in [1.807, 2.05) is 24.0 Å². The summed E-state index contributed by atoms with van der Waals surface area (Å²) in [5, 5.41) is 0. The molecule has 0 bridgehead atoms. The van der Waals surface area contributed by atoms with Gasteiger partial charge in [0.15, 0.2) is 0 Å². The van der Waals surface area contributed by atoms with Crippen molar-refractivity contribution in [2.24, 2.45) is 11.1 Å². The van der Waals surface area contributed by atoms with Gasteiger partial charge in [0, 0.05) is 23.9 Å². The predicted octanol–water partition coefficient (Wildman–Crippen LogP) is 3.51. The number of hydrogen-bond donors (Lipinski definition) is 1. The first-order valence-electron chi connectivity index (χ1n) is 6.51. The monoisotopic (exact) mass is 302 g/mol. The molecule has 1 aromatic rings. The van der Waals surface area contributed by atoms with E-state index in [2.05, 4.69) is 20.8 Å². The summed E-state index contributed by atoms with van der Waals surface area (Å²) in [6.07, 6.45) is 0.385. The molecule has 0 radical (unpaired) electrons. The van der Waals surface area contributed by atoms with Gasteiger partial charge in [0.1, 0.15) is 0 Å². The number of rotatable bonds is 5. The molecule has 1 unspecified atom stereocenters. The third-order valence-electron chi connectivity index (χ3n) is 3.22. The first-order chi connectivity index (χ1) is 8.74. The minimum absolute atomic E-state index is 0.0543. The molecule has 0 aliphatic carbocycles. The van der Waals surface area contributed by atoms with Crippen LogP contribution < -0.4 is 5.73 Å². The predicted molar refractivity (Wildman–Crippen MR) is 82.5 cm³/mol. The van der Waals surface area contributed by atoms with Crippen molar-refractivity contribution in [2.45, 2.75) is 46.7 Å². The maximum atomic E-state index is 12.3. The Labute approximate surface area is 124 Å². The maximum Gasteiger partial charge on any atom is 0.224 e. The molecule has 5 heteroatoms. The lowest BCUT2D eigenvalue weighted by Gasteiger charge is -2.29.